The van der Waals surface area contributed by atoms with Crippen LogP contribution in [0.5, 0.6) is 0 Å². The fourth-order valence-electron chi connectivity index (χ4n) is 2.69. The van der Waals surface area contributed by atoms with Gasteiger partial charge in [0.15, 0.2) is 5.76 Å². The van der Waals surface area contributed by atoms with Crippen molar-refractivity contribution in [1.29, 1.82) is 0 Å². The van der Waals surface area contributed by atoms with Gasteiger partial charge in [0.2, 0.25) is 5.78 Å². The van der Waals surface area contributed by atoms with Crippen molar-refractivity contribution in [2.45, 2.75) is 25.9 Å². The molecule has 2 aromatic heterocycles. The van der Waals surface area contributed by atoms with Crippen molar-refractivity contribution in [1.82, 2.24) is 4.98 Å². The number of furan rings is 1. The number of carbonyl (C=O) groups is 1. The van der Waals surface area contributed by atoms with Crippen LogP contribution in [-0.4, -0.2) is 16.8 Å². The zero-order valence-electron chi connectivity index (χ0n) is 12.2. The summed E-state index contributed by atoms with van der Waals surface area (Å²) in [5, 5.41) is 3.01. The first-order chi connectivity index (χ1) is 10.2. The van der Waals surface area contributed by atoms with E-state index in [1.54, 1.807) is 12.5 Å². The summed E-state index contributed by atoms with van der Waals surface area (Å²) >= 11 is 0. The highest BCUT2D eigenvalue weighted by Gasteiger charge is 2.24. The molecule has 0 radical (unpaired) electrons. The number of quaternary nitrogens is 1. The van der Waals surface area contributed by atoms with E-state index >= 15 is 0 Å². The molecule has 1 aromatic carbocycles. The van der Waals surface area contributed by atoms with Gasteiger partial charge in [0.05, 0.1) is 6.26 Å². The average molecular weight is 283 g/mol. The minimum Gasteiger partial charge on any atom is -0.463 e. The highest BCUT2D eigenvalue weighted by Crippen LogP contribution is 2.19. The summed E-state index contributed by atoms with van der Waals surface area (Å²) in [6.07, 6.45) is 3.46. The van der Waals surface area contributed by atoms with Gasteiger partial charge in [-0.15, -0.1) is 0 Å². The lowest BCUT2D eigenvalue weighted by atomic mass is 10.0. The molecule has 0 aliphatic heterocycles. The monoisotopic (exact) mass is 283 g/mol. The number of aromatic amines is 1. The highest BCUT2D eigenvalue weighted by atomic mass is 16.3. The second-order valence-electron chi connectivity index (χ2n) is 5.40. The van der Waals surface area contributed by atoms with Crippen molar-refractivity contribution in [3.05, 3.63) is 60.2 Å². The van der Waals surface area contributed by atoms with E-state index in [9.17, 15) is 4.79 Å². The molecule has 3 rings (SSSR count). The Balaban J connectivity index is 1.78. The van der Waals surface area contributed by atoms with Crippen LogP contribution >= 0.6 is 0 Å². The number of benzene rings is 1. The lowest BCUT2D eigenvalue weighted by Crippen LogP contribution is -2.91. The molecule has 2 heterocycles. The van der Waals surface area contributed by atoms with E-state index < -0.39 is 0 Å². The van der Waals surface area contributed by atoms with Crippen LogP contribution in [-0.2, 0) is 0 Å². The summed E-state index contributed by atoms with van der Waals surface area (Å²) in [5.74, 6) is 1.01. The molecular weight excluding hydrogens is 264 g/mol. The van der Waals surface area contributed by atoms with Crippen molar-refractivity contribution in [3.8, 4) is 0 Å². The third-order valence-electron chi connectivity index (χ3n) is 3.84. The minimum absolute atomic E-state index is 0.115. The Bertz CT molecular complexity index is 743. The molecule has 0 aliphatic rings. The first kappa shape index (κ1) is 13.6. The zero-order chi connectivity index (χ0) is 14.8. The maximum absolute atomic E-state index is 12.6. The van der Waals surface area contributed by atoms with Gasteiger partial charge in [-0.25, -0.2) is 0 Å². The minimum atomic E-state index is -0.163. The van der Waals surface area contributed by atoms with Crippen LogP contribution in [0, 0.1) is 0 Å². The fraction of sp³-hybridized carbons (Fsp3) is 0.235. The molecule has 0 spiro atoms. The van der Waals surface area contributed by atoms with Gasteiger partial charge in [0, 0.05) is 22.7 Å². The lowest BCUT2D eigenvalue weighted by molar-refractivity contribution is -0.710. The van der Waals surface area contributed by atoms with Gasteiger partial charge >= 0.3 is 0 Å². The quantitative estimate of drug-likeness (QED) is 0.707. The Hall–Kier alpha value is -2.33. The molecule has 0 aliphatic carbocycles. The van der Waals surface area contributed by atoms with Crippen LogP contribution in [0.1, 0.15) is 36.0 Å². The number of aromatic nitrogens is 1. The second-order valence-corrected chi connectivity index (χ2v) is 5.40. The van der Waals surface area contributed by atoms with Crippen molar-refractivity contribution >= 4 is 16.7 Å². The van der Waals surface area contributed by atoms with Crippen molar-refractivity contribution < 1.29 is 14.5 Å². The maximum atomic E-state index is 12.6. The van der Waals surface area contributed by atoms with E-state index in [-0.39, 0.29) is 17.9 Å². The zero-order valence-corrected chi connectivity index (χ0v) is 12.2. The number of hydrogen-bond donors (Lipinski definition) is 2. The molecule has 4 heteroatoms. The molecule has 21 heavy (non-hydrogen) atoms. The fourth-order valence-corrected chi connectivity index (χ4v) is 2.69. The van der Waals surface area contributed by atoms with Crippen LogP contribution in [0.25, 0.3) is 10.9 Å². The topological polar surface area (TPSA) is 62.6 Å². The third kappa shape index (κ3) is 2.62. The number of H-pyrrole nitrogens is 1. The van der Waals surface area contributed by atoms with Gasteiger partial charge in [-0.1, -0.05) is 18.2 Å². The van der Waals surface area contributed by atoms with E-state index in [0.29, 0.717) is 0 Å². The number of para-hydroxylation sites is 1. The number of rotatable bonds is 5. The van der Waals surface area contributed by atoms with Crippen molar-refractivity contribution in [3.63, 3.8) is 0 Å². The molecule has 0 saturated carbocycles. The van der Waals surface area contributed by atoms with Gasteiger partial charge in [-0.3, -0.25) is 4.79 Å². The number of ketones is 1. The third-order valence-corrected chi connectivity index (χ3v) is 3.84. The first-order valence-electron chi connectivity index (χ1n) is 7.15. The summed E-state index contributed by atoms with van der Waals surface area (Å²) in [5.41, 5.74) is 1.74. The average Bonchev–Trinajstić information content (AvgIpc) is 3.15. The van der Waals surface area contributed by atoms with Gasteiger partial charge in [-0.05, 0) is 32.0 Å². The van der Waals surface area contributed by atoms with Gasteiger partial charge in [-0.2, -0.15) is 0 Å². The van der Waals surface area contributed by atoms with E-state index in [0.717, 1.165) is 22.2 Å². The van der Waals surface area contributed by atoms with Crippen LogP contribution < -0.4 is 5.32 Å². The molecule has 0 amide bonds. The molecule has 0 bridgehead atoms. The maximum Gasteiger partial charge on any atom is 0.221 e. The molecule has 0 saturated heterocycles. The molecular formula is C17H19N2O2+. The number of carbonyl (C=O) groups excluding carboxylic acids is 1. The van der Waals surface area contributed by atoms with Crippen LogP contribution in [0.4, 0.5) is 0 Å². The Morgan fingerprint density at radius 3 is 2.76 bits per heavy atom. The smallest absolute Gasteiger partial charge is 0.221 e. The SMILES string of the molecule is C[C@H]([NH2+][C@@H](C)c1ccco1)C(=O)c1c[nH]c2ccccc12. The number of Topliss-reactive ketones (excluding diaryl/α,β-unsaturated/α-hetero) is 1. The number of hydrogen-bond acceptors (Lipinski definition) is 2. The van der Waals surface area contributed by atoms with Crippen LogP contribution in [0.3, 0.4) is 0 Å². The normalized spacial score (nSPS) is 14.2. The van der Waals surface area contributed by atoms with E-state index in [4.69, 9.17) is 4.42 Å². The van der Waals surface area contributed by atoms with Gasteiger partial charge in [0.25, 0.3) is 0 Å². The van der Waals surface area contributed by atoms with E-state index in [1.807, 2.05) is 55.6 Å². The molecule has 2 atom stereocenters. The van der Waals surface area contributed by atoms with Crippen molar-refractivity contribution in [2.75, 3.05) is 0 Å². The number of nitrogens with one attached hydrogen (secondary N) is 1. The Morgan fingerprint density at radius 1 is 1.19 bits per heavy atom. The largest absolute Gasteiger partial charge is 0.463 e. The lowest BCUT2D eigenvalue weighted by Gasteiger charge is -2.14. The molecule has 4 nitrogen and oxygen atoms in total. The van der Waals surface area contributed by atoms with Gasteiger partial charge < -0.3 is 14.7 Å². The molecule has 108 valence electrons. The summed E-state index contributed by atoms with van der Waals surface area (Å²) in [7, 11) is 0. The predicted octanol–water partition coefficient (Wildman–Crippen LogP) is 2.66. The van der Waals surface area contributed by atoms with Crippen molar-refractivity contribution in [2.24, 2.45) is 0 Å². The molecule has 3 aromatic rings. The predicted molar refractivity (Wildman–Crippen MR) is 81.1 cm³/mol. The number of fused-ring (bicyclic) bond motifs is 1. The second kappa shape index (κ2) is 5.58. The Labute approximate surface area is 123 Å². The Morgan fingerprint density at radius 2 is 2.00 bits per heavy atom. The van der Waals surface area contributed by atoms with Crippen LogP contribution in [0.2, 0.25) is 0 Å². The summed E-state index contributed by atoms with van der Waals surface area (Å²) < 4.78 is 5.39. The molecule has 0 unspecified atom stereocenters. The summed E-state index contributed by atoms with van der Waals surface area (Å²) in [6.45, 7) is 3.97. The van der Waals surface area contributed by atoms with Crippen LogP contribution in [0.15, 0.2) is 53.3 Å². The first-order valence-corrected chi connectivity index (χ1v) is 7.15. The standard InChI is InChI=1S/C17H18N2O2/c1-11(16-8-5-9-21-16)19-12(2)17(20)14-10-18-15-7-4-3-6-13(14)15/h3-12,18-19H,1-2H3/p+1/t11-,12-/m0/s1. The van der Waals surface area contributed by atoms with E-state index in [2.05, 4.69) is 4.98 Å². The van der Waals surface area contributed by atoms with Gasteiger partial charge in [0.1, 0.15) is 12.1 Å². The number of nitrogens with two attached hydrogens (primary N) is 1. The highest BCUT2D eigenvalue weighted by molar-refractivity contribution is 6.09. The van der Waals surface area contributed by atoms with E-state index in [1.165, 1.54) is 0 Å². The molecule has 0 fully saturated rings. The summed E-state index contributed by atoms with van der Waals surface area (Å²) in [4.78, 5) is 15.8. The molecule has 3 N–H and O–H groups in total. The summed E-state index contributed by atoms with van der Waals surface area (Å²) in [6, 6.07) is 11.6. The Kier molecular flexibility index (Phi) is 3.62.